The SMILES string of the molecule is CC(=O)OCC1OC(OC(C)=O)C(OC(C)=O)[C@@H](C)[C@@H]1C.CC(=O)OCC1O[C@@H](Oc2cc(Cl)ccc2Oc2ccc(Cl)cc2Cl)C(OC(C)=O)[C@@H](C)[C@@H]1C.Oc1cc(Cl)ccc1Oc1ccc(Cl)cc1Cl. The maximum Gasteiger partial charge on any atom is 0.305 e. The number of esters is 5. The summed E-state index contributed by atoms with van der Waals surface area (Å²) in [6.07, 6.45) is -4.35. The van der Waals surface area contributed by atoms with Gasteiger partial charge in [-0.1, -0.05) is 97.3 Å². The van der Waals surface area contributed by atoms with E-state index in [9.17, 15) is 29.1 Å². The summed E-state index contributed by atoms with van der Waals surface area (Å²) in [7, 11) is 0. The van der Waals surface area contributed by atoms with E-state index in [0.29, 0.717) is 47.4 Å². The predicted octanol–water partition coefficient (Wildman–Crippen LogP) is 12.5. The minimum Gasteiger partial charge on any atom is -0.504 e. The van der Waals surface area contributed by atoms with Gasteiger partial charge in [0.05, 0.1) is 22.3 Å². The van der Waals surface area contributed by atoms with E-state index in [0.717, 1.165) is 0 Å². The minimum absolute atomic E-state index is 0.0345. The van der Waals surface area contributed by atoms with Gasteiger partial charge in [-0.05, 0) is 72.5 Å². The average molecular weight is 1120 g/mol. The lowest BCUT2D eigenvalue weighted by atomic mass is 9.83. The van der Waals surface area contributed by atoms with Crippen molar-refractivity contribution >= 4 is 99.5 Å². The van der Waals surface area contributed by atoms with Crippen molar-refractivity contribution in [1.29, 1.82) is 0 Å². The lowest BCUT2D eigenvalue weighted by Crippen LogP contribution is -2.54. The van der Waals surface area contributed by atoms with Crippen molar-refractivity contribution in [3.63, 3.8) is 0 Å². The van der Waals surface area contributed by atoms with Gasteiger partial charge in [0.1, 0.15) is 24.7 Å². The molecule has 10 atom stereocenters. The zero-order chi connectivity index (χ0) is 53.6. The zero-order valence-corrected chi connectivity index (χ0v) is 45.0. The number of ether oxygens (including phenoxy) is 10. The zero-order valence-electron chi connectivity index (χ0n) is 40.5. The molecule has 2 saturated heterocycles. The van der Waals surface area contributed by atoms with Crippen LogP contribution in [0.5, 0.6) is 34.5 Å². The molecule has 72 heavy (non-hydrogen) atoms. The second-order valence-corrected chi connectivity index (χ2v) is 19.1. The molecule has 4 aromatic rings. The number of aromatic hydroxyl groups is 1. The van der Waals surface area contributed by atoms with E-state index >= 15 is 0 Å². The van der Waals surface area contributed by atoms with Crippen molar-refractivity contribution in [1.82, 2.24) is 0 Å². The van der Waals surface area contributed by atoms with Crippen molar-refractivity contribution in [2.24, 2.45) is 23.7 Å². The number of phenols is 1. The van der Waals surface area contributed by atoms with Crippen LogP contribution in [0.1, 0.15) is 62.3 Å². The highest BCUT2D eigenvalue weighted by Gasteiger charge is 2.47. The van der Waals surface area contributed by atoms with Crippen LogP contribution in [0.4, 0.5) is 0 Å². The Hall–Kier alpha value is -4.91. The van der Waals surface area contributed by atoms with Crippen molar-refractivity contribution in [2.75, 3.05) is 13.2 Å². The summed E-state index contributed by atoms with van der Waals surface area (Å²) < 4.78 is 55.3. The molecule has 392 valence electrons. The van der Waals surface area contributed by atoms with Gasteiger partial charge < -0.3 is 52.5 Å². The molecule has 0 aromatic heterocycles. The first kappa shape index (κ1) is 59.7. The first-order valence-electron chi connectivity index (χ1n) is 22.1. The van der Waals surface area contributed by atoms with Gasteiger partial charge in [0.25, 0.3) is 0 Å². The molecule has 16 nitrogen and oxygen atoms in total. The molecule has 6 rings (SSSR count). The minimum atomic E-state index is -1.02. The summed E-state index contributed by atoms with van der Waals surface area (Å²) in [6.45, 7) is 14.2. The summed E-state index contributed by atoms with van der Waals surface area (Å²) in [4.78, 5) is 56.4. The van der Waals surface area contributed by atoms with E-state index < -0.39 is 66.8 Å². The van der Waals surface area contributed by atoms with Gasteiger partial charge in [-0.3, -0.25) is 24.0 Å². The molecule has 1 N–H and O–H groups in total. The van der Waals surface area contributed by atoms with Crippen molar-refractivity contribution in [2.45, 2.75) is 99.3 Å². The summed E-state index contributed by atoms with van der Waals surface area (Å²) in [5, 5.41) is 12.1. The van der Waals surface area contributed by atoms with Crippen LogP contribution in [0.15, 0.2) is 72.8 Å². The summed E-state index contributed by atoms with van der Waals surface area (Å²) >= 11 is 35.9. The van der Waals surface area contributed by atoms with E-state index in [4.69, 9.17) is 117 Å². The maximum atomic E-state index is 11.8. The Morgan fingerprint density at radius 3 is 1.25 bits per heavy atom. The third-order valence-electron chi connectivity index (χ3n) is 11.1. The summed E-state index contributed by atoms with van der Waals surface area (Å²) in [6, 6.07) is 19.0. The van der Waals surface area contributed by atoms with Gasteiger partial charge in [-0.15, -0.1) is 0 Å². The number of benzene rings is 4. The first-order chi connectivity index (χ1) is 33.8. The first-order valence-corrected chi connectivity index (χ1v) is 24.4. The highest BCUT2D eigenvalue weighted by atomic mass is 35.5. The average Bonchev–Trinajstić information content (AvgIpc) is 3.28. The van der Waals surface area contributed by atoms with Crippen molar-refractivity contribution in [3.8, 4) is 34.5 Å². The molecule has 0 aliphatic carbocycles. The molecule has 0 spiro atoms. The highest BCUT2D eigenvalue weighted by molar-refractivity contribution is 6.36. The van der Waals surface area contributed by atoms with Gasteiger partial charge >= 0.3 is 29.8 Å². The van der Waals surface area contributed by atoms with Crippen LogP contribution in [0.3, 0.4) is 0 Å². The third kappa shape index (κ3) is 18.2. The van der Waals surface area contributed by atoms with Crippen LogP contribution in [-0.4, -0.2) is 85.2 Å². The fourth-order valence-corrected chi connectivity index (χ4v) is 8.30. The number of halogens is 6. The van der Waals surface area contributed by atoms with Gasteiger partial charge in [-0.25, -0.2) is 0 Å². The fourth-order valence-electron chi connectivity index (χ4n) is 7.08. The molecule has 0 amide bonds. The molecular formula is C50H54Cl6O16. The van der Waals surface area contributed by atoms with Gasteiger partial charge in [0.15, 0.2) is 35.2 Å². The Labute approximate surface area is 447 Å². The molecule has 4 aromatic carbocycles. The largest absolute Gasteiger partial charge is 0.504 e. The molecule has 2 aliphatic rings. The molecule has 2 aliphatic heterocycles. The van der Waals surface area contributed by atoms with Crippen molar-refractivity contribution < 1.29 is 76.4 Å². The van der Waals surface area contributed by atoms with Crippen molar-refractivity contribution in [3.05, 3.63) is 103 Å². The quantitative estimate of drug-likeness (QED) is 0.0979. The molecule has 2 fully saturated rings. The molecule has 5 unspecified atom stereocenters. The van der Waals surface area contributed by atoms with E-state index in [-0.39, 0.29) is 54.1 Å². The Morgan fingerprint density at radius 1 is 0.458 bits per heavy atom. The molecule has 2 heterocycles. The highest BCUT2D eigenvalue weighted by Crippen LogP contribution is 2.42. The normalized spacial score (nSPS) is 23.3. The Kier molecular flexibility index (Phi) is 23.2. The van der Waals surface area contributed by atoms with E-state index in [2.05, 4.69) is 0 Å². The number of phenolic OH excluding ortho intramolecular Hbond substituents is 1. The molecule has 0 saturated carbocycles. The second-order valence-electron chi connectivity index (χ2n) is 16.6. The van der Waals surface area contributed by atoms with Crippen LogP contribution in [0.2, 0.25) is 30.1 Å². The summed E-state index contributed by atoms with van der Waals surface area (Å²) in [5.41, 5.74) is 0. The fraction of sp³-hybridized carbons (Fsp3) is 0.420. The lowest BCUT2D eigenvalue weighted by Gasteiger charge is -2.43. The second kappa shape index (κ2) is 28.0. The smallest absolute Gasteiger partial charge is 0.305 e. The van der Waals surface area contributed by atoms with E-state index in [1.807, 2.05) is 27.7 Å². The monoisotopic (exact) mass is 1120 g/mol. The van der Waals surface area contributed by atoms with Crippen LogP contribution in [0.25, 0.3) is 0 Å². The topological polar surface area (TPSA) is 198 Å². The molecule has 0 bridgehead atoms. The molecule has 0 radical (unpaired) electrons. The standard InChI is InChI=1S/C24H25Cl3O7.C14H22O7.C12H7Cl3O2/c1-12-13(2)23(31-15(4)29)24(34-22(12)11-30-14(3)28)33-21-10-17(26)6-8-20(21)32-19-7-5-16(25)9-18(19)27;1-7-8(2)13(19-10(4)16)14(20-11(5)17)21-12(7)6-18-9(3)15;13-7-1-3-11(9(15)5-7)17-12-4-2-8(14)6-10(12)16/h5-10,12-13,22-24H,11H2,1-4H3;7-8,12-14H,6H2,1-5H3;1-6,16H/t12-,13-,22?,23?,24+;7-,8-,12?,13?,14?;/m00./s1. The van der Waals surface area contributed by atoms with E-state index in [1.165, 1.54) is 40.7 Å². The Morgan fingerprint density at radius 2 is 0.833 bits per heavy atom. The number of carbonyl (C=O) groups excluding carboxylic acids is 5. The lowest BCUT2D eigenvalue weighted by molar-refractivity contribution is -0.271. The number of carbonyl (C=O) groups is 5. The van der Waals surface area contributed by atoms with Gasteiger partial charge in [-0.2, -0.15) is 0 Å². The van der Waals surface area contributed by atoms with E-state index in [1.54, 1.807) is 66.7 Å². The Balaban J connectivity index is 0.000000253. The number of hydrogen-bond acceptors (Lipinski definition) is 16. The molecule has 22 heteroatoms. The molecular weight excluding hydrogens is 1070 g/mol. The summed E-state index contributed by atoms with van der Waals surface area (Å²) in [5.74, 6) is -1.20. The van der Waals surface area contributed by atoms with Gasteiger partial charge in [0, 0.05) is 78.7 Å². The van der Waals surface area contributed by atoms with Crippen LogP contribution in [-0.2, 0) is 57.1 Å². The van der Waals surface area contributed by atoms with Crippen LogP contribution < -0.4 is 14.2 Å². The van der Waals surface area contributed by atoms with Gasteiger partial charge in [0.2, 0.25) is 12.6 Å². The van der Waals surface area contributed by atoms with Crippen LogP contribution in [0, 0.1) is 23.7 Å². The number of rotatable bonds is 13. The maximum absolute atomic E-state index is 11.8. The van der Waals surface area contributed by atoms with Crippen LogP contribution >= 0.6 is 69.6 Å². The third-order valence-corrected chi connectivity index (χ3v) is 12.6. The predicted molar refractivity (Wildman–Crippen MR) is 268 cm³/mol. The Bertz CT molecular complexity index is 2470. The number of hydrogen-bond donors (Lipinski definition) is 1.